The summed E-state index contributed by atoms with van der Waals surface area (Å²) in [5, 5.41) is 13.6. The maximum absolute atomic E-state index is 10.9. The Kier molecular flexibility index (Phi) is 2.99. The number of thiophene rings is 1. The van der Waals surface area contributed by atoms with E-state index in [0.29, 0.717) is 12.2 Å². The highest BCUT2D eigenvalue weighted by atomic mass is 32.1. The molecule has 0 saturated carbocycles. The van der Waals surface area contributed by atoms with Crippen molar-refractivity contribution in [3.8, 4) is 0 Å². The van der Waals surface area contributed by atoms with Crippen molar-refractivity contribution in [3.63, 3.8) is 0 Å². The highest BCUT2D eigenvalue weighted by Gasteiger charge is 2.10. The van der Waals surface area contributed by atoms with Crippen molar-refractivity contribution < 1.29 is 9.52 Å². The summed E-state index contributed by atoms with van der Waals surface area (Å²) in [5.41, 5.74) is 0.469. The van der Waals surface area contributed by atoms with E-state index in [1.165, 1.54) is 17.4 Å². The zero-order valence-electron chi connectivity index (χ0n) is 7.92. The normalized spacial score (nSPS) is 12.6. The second-order valence-electron chi connectivity index (χ2n) is 3.19. The van der Waals surface area contributed by atoms with Gasteiger partial charge < -0.3 is 9.52 Å². The van der Waals surface area contributed by atoms with Gasteiger partial charge in [0.25, 0.3) is 0 Å². The van der Waals surface area contributed by atoms with E-state index in [4.69, 9.17) is 4.42 Å². The third-order valence-corrected chi connectivity index (χ3v) is 2.77. The lowest BCUT2D eigenvalue weighted by Gasteiger charge is -2.06. The van der Waals surface area contributed by atoms with Gasteiger partial charge in [0, 0.05) is 12.5 Å². The average Bonchev–Trinajstić information content (AvgIpc) is 2.70. The van der Waals surface area contributed by atoms with Crippen molar-refractivity contribution in [2.75, 3.05) is 0 Å². The minimum Gasteiger partial charge on any atom is -0.428 e. The predicted octanol–water partition coefficient (Wildman–Crippen LogP) is 1.98. The fourth-order valence-corrected chi connectivity index (χ4v) is 2.02. The molecular formula is C11H10O3S. The highest BCUT2D eigenvalue weighted by molar-refractivity contribution is 7.07. The number of rotatable bonds is 3. The van der Waals surface area contributed by atoms with Gasteiger partial charge in [-0.1, -0.05) is 6.07 Å². The van der Waals surface area contributed by atoms with Gasteiger partial charge in [0.1, 0.15) is 5.76 Å². The second kappa shape index (κ2) is 4.42. The van der Waals surface area contributed by atoms with Gasteiger partial charge in [0.15, 0.2) is 0 Å². The maximum atomic E-state index is 10.9. The molecule has 1 N–H and O–H groups in total. The van der Waals surface area contributed by atoms with E-state index >= 15 is 0 Å². The minimum atomic E-state index is -0.609. The maximum Gasteiger partial charge on any atom is 0.335 e. The molecule has 0 fully saturated rings. The van der Waals surface area contributed by atoms with Crippen LogP contribution in [0.15, 0.2) is 44.2 Å². The Hall–Kier alpha value is -1.39. The second-order valence-corrected chi connectivity index (χ2v) is 3.97. The van der Waals surface area contributed by atoms with Crippen molar-refractivity contribution >= 4 is 11.3 Å². The van der Waals surface area contributed by atoms with Crippen LogP contribution >= 0.6 is 11.3 Å². The SMILES string of the molecule is O=c1cccc(CC(O)c2ccsc2)o1. The summed E-state index contributed by atoms with van der Waals surface area (Å²) in [6, 6.07) is 6.52. The summed E-state index contributed by atoms with van der Waals surface area (Å²) in [7, 11) is 0. The lowest BCUT2D eigenvalue weighted by Crippen LogP contribution is -2.04. The molecule has 2 aromatic rings. The fourth-order valence-electron chi connectivity index (χ4n) is 1.31. The Balaban J connectivity index is 2.12. The van der Waals surface area contributed by atoms with Crippen LogP contribution in [-0.4, -0.2) is 5.11 Å². The number of aliphatic hydroxyl groups is 1. The van der Waals surface area contributed by atoms with Gasteiger partial charge in [0.05, 0.1) is 6.10 Å². The molecular weight excluding hydrogens is 212 g/mol. The Morgan fingerprint density at radius 3 is 2.93 bits per heavy atom. The van der Waals surface area contributed by atoms with Crippen LogP contribution in [0.5, 0.6) is 0 Å². The van der Waals surface area contributed by atoms with Gasteiger partial charge in [-0.05, 0) is 28.5 Å². The van der Waals surface area contributed by atoms with Crippen LogP contribution in [0.3, 0.4) is 0 Å². The van der Waals surface area contributed by atoms with Gasteiger partial charge in [-0.2, -0.15) is 11.3 Å². The fraction of sp³-hybridized carbons (Fsp3) is 0.182. The smallest absolute Gasteiger partial charge is 0.335 e. The molecule has 1 atom stereocenters. The Morgan fingerprint density at radius 1 is 1.40 bits per heavy atom. The minimum absolute atomic E-state index is 0.326. The van der Waals surface area contributed by atoms with E-state index < -0.39 is 6.10 Å². The van der Waals surface area contributed by atoms with E-state index in [1.54, 1.807) is 12.1 Å². The Morgan fingerprint density at radius 2 is 2.27 bits per heavy atom. The van der Waals surface area contributed by atoms with E-state index in [-0.39, 0.29) is 5.63 Å². The van der Waals surface area contributed by atoms with E-state index in [1.807, 2.05) is 16.8 Å². The molecule has 0 spiro atoms. The predicted molar refractivity (Wildman–Crippen MR) is 58.0 cm³/mol. The largest absolute Gasteiger partial charge is 0.428 e. The highest BCUT2D eigenvalue weighted by Crippen LogP contribution is 2.19. The summed E-state index contributed by atoms with van der Waals surface area (Å²) < 4.78 is 4.93. The summed E-state index contributed by atoms with van der Waals surface area (Å²) in [5.74, 6) is 0.501. The van der Waals surface area contributed by atoms with Gasteiger partial charge >= 0.3 is 5.63 Å². The van der Waals surface area contributed by atoms with Crippen LogP contribution in [0.25, 0.3) is 0 Å². The van der Waals surface area contributed by atoms with E-state index in [9.17, 15) is 9.90 Å². The van der Waals surface area contributed by atoms with Crippen molar-refractivity contribution in [2.45, 2.75) is 12.5 Å². The van der Waals surface area contributed by atoms with Crippen LogP contribution in [0.1, 0.15) is 17.4 Å². The molecule has 0 aliphatic carbocycles. The third-order valence-electron chi connectivity index (χ3n) is 2.07. The first-order chi connectivity index (χ1) is 7.25. The first-order valence-electron chi connectivity index (χ1n) is 4.55. The van der Waals surface area contributed by atoms with Crippen molar-refractivity contribution in [2.24, 2.45) is 0 Å². The van der Waals surface area contributed by atoms with E-state index in [2.05, 4.69) is 0 Å². The molecule has 2 aromatic heterocycles. The zero-order chi connectivity index (χ0) is 10.7. The lowest BCUT2D eigenvalue weighted by atomic mass is 10.1. The molecule has 0 aliphatic heterocycles. The van der Waals surface area contributed by atoms with Crippen LogP contribution in [0.2, 0.25) is 0 Å². The molecule has 0 saturated heterocycles. The van der Waals surface area contributed by atoms with Gasteiger partial charge in [-0.3, -0.25) is 0 Å². The summed E-state index contributed by atoms with van der Waals surface area (Å²) in [6.45, 7) is 0. The van der Waals surface area contributed by atoms with E-state index in [0.717, 1.165) is 5.56 Å². The summed E-state index contributed by atoms with van der Waals surface area (Å²) in [4.78, 5) is 10.9. The molecule has 0 amide bonds. The number of aliphatic hydroxyl groups excluding tert-OH is 1. The molecule has 0 bridgehead atoms. The zero-order valence-corrected chi connectivity index (χ0v) is 8.74. The first kappa shape index (κ1) is 10.1. The Bertz CT molecular complexity index is 473. The van der Waals surface area contributed by atoms with Crippen LogP contribution in [0.4, 0.5) is 0 Å². The molecule has 4 heteroatoms. The van der Waals surface area contributed by atoms with Crippen molar-refractivity contribution in [3.05, 3.63) is 56.8 Å². The molecule has 2 heterocycles. The van der Waals surface area contributed by atoms with Crippen LogP contribution < -0.4 is 5.63 Å². The molecule has 78 valence electrons. The van der Waals surface area contributed by atoms with Gasteiger partial charge in [-0.25, -0.2) is 4.79 Å². The van der Waals surface area contributed by atoms with Crippen LogP contribution in [0, 0.1) is 0 Å². The molecule has 0 radical (unpaired) electrons. The number of hydrogen-bond acceptors (Lipinski definition) is 4. The molecule has 3 nitrogen and oxygen atoms in total. The van der Waals surface area contributed by atoms with Gasteiger partial charge in [0.2, 0.25) is 0 Å². The molecule has 15 heavy (non-hydrogen) atoms. The molecule has 0 aromatic carbocycles. The first-order valence-corrected chi connectivity index (χ1v) is 5.49. The quantitative estimate of drug-likeness (QED) is 0.863. The standard InChI is InChI=1S/C11H10O3S/c12-10(8-4-5-15-7-8)6-9-2-1-3-11(13)14-9/h1-5,7,10,12H,6H2. The molecule has 1 unspecified atom stereocenters. The molecule has 0 aliphatic rings. The van der Waals surface area contributed by atoms with Crippen molar-refractivity contribution in [1.82, 2.24) is 0 Å². The number of hydrogen-bond donors (Lipinski definition) is 1. The summed E-state index contributed by atoms with van der Waals surface area (Å²) in [6.07, 6.45) is -0.283. The molecule has 2 rings (SSSR count). The summed E-state index contributed by atoms with van der Waals surface area (Å²) >= 11 is 1.53. The van der Waals surface area contributed by atoms with Gasteiger partial charge in [-0.15, -0.1) is 0 Å². The Labute approximate surface area is 90.6 Å². The third kappa shape index (κ3) is 2.55. The van der Waals surface area contributed by atoms with Crippen molar-refractivity contribution in [1.29, 1.82) is 0 Å². The lowest BCUT2D eigenvalue weighted by molar-refractivity contribution is 0.169. The monoisotopic (exact) mass is 222 g/mol. The van der Waals surface area contributed by atoms with Crippen LogP contribution in [-0.2, 0) is 6.42 Å². The topological polar surface area (TPSA) is 50.4 Å². The average molecular weight is 222 g/mol.